The zero-order valence-corrected chi connectivity index (χ0v) is 15.5. The summed E-state index contributed by atoms with van der Waals surface area (Å²) in [5.74, 6) is -0.843. The number of rotatable bonds is 2. The molecule has 2 aliphatic rings. The molecule has 152 valence electrons. The maximum atomic E-state index is 13.3. The van der Waals surface area contributed by atoms with Gasteiger partial charge < -0.3 is 15.3 Å². The van der Waals surface area contributed by atoms with Gasteiger partial charge in [-0.05, 0) is 30.7 Å². The average molecular weight is 404 g/mol. The van der Waals surface area contributed by atoms with Crippen LogP contribution < -0.4 is 5.32 Å². The quantitative estimate of drug-likeness (QED) is 0.799. The van der Waals surface area contributed by atoms with Crippen molar-refractivity contribution >= 4 is 11.8 Å². The van der Waals surface area contributed by atoms with Gasteiger partial charge in [-0.1, -0.05) is 31.2 Å². The summed E-state index contributed by atoms with van der Waals surface area (Å²) in [5.41, 5.74) is -1.12. The molecular formula is C21H19F3N2O3. The summed E-state index contributed by atoms with van der Waals surface area (Å²) in [4.78, 5) is 26.8. The number of nitrogens with one attached hydrogen (secondary N) is 1. The smallest absolute Gasteiger partial charge is 0.416 e. The number of benzene rings is 2. The number of aromatic hydroxyl groups is 1. The van der Waals surface area contributed by atoms with Crippen LogP contribution in [0, 0.1) is 5.41 Å². The van der Waals surface area contributed by atoms with Gasteiger partial charge in [0.1, 0.15) is 11.9 Å². The molecule has 2 aromatic rings. The summed E-state index contributed by atoms with van der Waals surface area (Å²) < 4.78 is 39.3. The number of hydrogen-bond acceptors (Lipinski definition) is 3. The lowest BCUT2D eigenvalue weighted by Gasteiger charge is -2.31. The molecular weight excluding hydrogens is 385 g/mol. The van der Waals surface area contributed by atoms with E-state index < -0.39 is 35.3 Å². The molecule has 29 heavy (non-hydrogen) atoms. The number of likely N-dealkylation sites (tertiary alicyclic amines) is 1. The predicted molar refractivity (Wildman–Crippen MR) is 97.7 cm³/mol. The molecule has 0 bridgehead atoms. The molecule has 0 unspecified atom stereocenters. The third-order valence-electron chi connectivity index (χ3n) is 5.76. The number of halogens is 3. The Morgan fingerprint density at radius 2 is 1.93 bits per heavy atom. The van der Waals surface area contributed by atoms with Crippen LogP contribution in [-0.2, 0) is 11.0 Å². The van der Waals surface area contributed by atoms with Gasteiger partial charge in [-0.25, -0.2) is 0 Å². The highest BCUT2D eigenvalue weighted by atomic mass is 19.4. The molecule has 2 heterocycles. The fourth-order valence-electron chi connectivity index (χ4n) is 4.42. The average Bonchev–Trinajstić information content (AvgIpc) is 3.09. The molecule has 3 atom stereocenters. The minimum Gasteiger partial charge on any atom is -0.508 e. The predicted octanol–water partition coefficient (Wildman–Crippen LogP) is 3.85. The molecule has 0 saturated carbocycles. The highest BCUT2D eigenvalue weighted by Crippen LogP contribution is 2.53. The maximum Gasteiger partial charge on any atom is 0.416 e. The van der Waals surface area contributed by atoms with Gasteiger partial charge in [0, 0.05) is 23.0 Å². The molecule has 2 aliphatic heterocycles. The van der Waals surface area contributed by atoms with Crippen molar-refractivity contribution in [1.82, 2.24) is 10.2 Å². The second-order valence-corrected chi connectivity index (χ2v) is 7.87. The van der Waals surface area contributed by atoms with Crippen molar-refractivity contribution in [3.8, 4) is 5.75 Å². The van der Waals surface area contributed by atoms with Crippen LogP contribution in [-0.4, -0.2) is 28.0 Å². The highest BCUT2D eigenvalue weighted by molar-refractivity contribution is 5.96. The van der Waals surface area contributed by atoms with E-state index in [-0.39, 0.29) is 23.6 Å². The van der Waals surface area contributed by atoms with E-state index in [0.717, 1.165) is 12.1 Å². The first-order valence-electron chi connectivity index (χ1n) is 9.17. The molecule has 2 aromatic carbocycles. The van der Waals surface area contributed by atoms with Crippen molar-refractivity contribution in [3.05, 3.63) is 65.2 Å². The number of para-hydroxylation sites is 1. The van der Waals surface area contributed by atoms with Crippen LogP contribution in [0.25, 0.3) is 0 Å². The Morgan fingerprint density at radius 1 is 1.21 bits per heavy atom. The number of carbonyl (C=O) groups excluding carboxylic acids is 2. The van der Waals surface area contributed by atoms with E-state index in [4.69, 9.17) is 0 Å². The lowest BCUT2D eigenvalue weighted by atomic mass is 9.83. The molecule has 0 radical (unpaired) electrons. The number of fused-ring (bicyclic) bond motifs is 1. The molecule has 0 spiro atoms. The van der Waals surface area contributed by atoms with Gasteiger partial charge in [0.15, 0.2) is 0 Å². The standard InChI is InChI=1S/C21H19F3N2O3/c1-20-10-15(14-7-2-3-8-16(14)27)26(19(20)25-17(28)11-20)18(29)12-5-4-6-13(9-12)21(22,23)24/h2-9,15,19,27H,10-11H2,1H3,(H,25,28)/t15-,19-,20-/m1/s1. The summed E-state index contributed by atoms with van der Waals surface area (Å²) in [6.45, 7) is 1.86. The molecule has 2 N–H and O–H groups in total. The third-order valence-corrected chi connectivity index (χ3v) is 5.76. The Bertz CT molecular complexity index is 991. The summed E-state index contributed by atoms with van der Waals surface area (Å²) in [6, 6.07) is 10.2. The van der Waals surface area contributed by atoms with Gasteiger partial charge >= 0.3 is 6.18 Å². The first-order valence-corrected chi connectivity index (χ1v) is 9.17. The number of carbonyl (C=O) groups is 2. The number of hydrogen-bond donors (Lipinski definition) is 2. The van der Waals surface area contributed by atoms with E-state index >= 15 is 0 Å². The number of nitrogens with zero attached hydrogens (tertiary/aromatic N) is 1. The molecule has 2 amide bonds. The van der Waals surface area contributed by atoms with Gasteiger partial charge in [0.25, 0.3) is 5.91 Å². The molecule has 8 heteroatoms. The molecule has 2 saturated heterocycles. The fourth-order valence-corrected chi connectivity index (χ4v) is 4.42. The van der Waals surface area contributed by atoms with Crippen molar-refractivity contribution in [2.24, 2.45) is 5.41 Å². The molecule has 5 nitrogen and oxygen atoms in total. The molecule has 0 aromatic heterocycles. The fraction of sp³-hybridized carbons (Fsp3) is 0.333. The first kappa shape index (κ1) is 19.3. The van der Waals surface area contributed by atoms with Crippen molar-refractivity contribution in [1.29, 1.82) is 0 Å². The van der Waals surface area contributed by atoms with Crippen molar-refractivity contribution in [2.75, 3.05) is 0 Å². The van der Waals surface area contributed by atoms with Crippen LogP contribution in [0.15, 0.2) is 48.5 Å². The topological polar surface area (TPSA) is 69.6 Å². The van der Waals surface area contributed by atoms with E-state index in [0.29, 0.717) is 12.0 Å². The second kappa shape index (κ2) is 6.50. The zero-order valence-electron chi connectivity index (χ0n) is 15.5. The lowest BCUT2D eigenvalue weighted by molar-refractivity contribution is -0.137. The van der Waals surface area contributed by atoms with E-state index in [2.05, 4.69) is 5.32 Å². The van der Waals surface area contributed by atoms with E-state index in [1.807, 2.05) is 6.92 Å². The highest BCUT2D eigenvalue weighted by Gasteiger charge is 2.57. The van der Waals surface area contributed by atoms with Crippen molar-refractivity contribution in [3.63, 3.8) is 0 Å². The van der Waals surface area contributed by atoms with Crippen molar-refractivity contribution < 1.29 is 27.9 Å². The second-order valence-electron chi connectivity index (χ2n) is 7.87. The number of amides is 2. The van der Waals surface area contributed by atoms with Crippen LogP contribution >= 0.6 is 0 Å². The van der Waals surface area contributed by atoms with E-state index in [9.17, 15) is 27.9 Å². The number of phenolic OH excluding ortho intramolecular Hbond substituents is 1. The number of alkyl halides is 3. The van der Waals surface area contributed by atoms with E-state index in [1.54, 1.807) is 18.2 Å². The van der Waals surface area contributed by atoms with Gasteiger partial charge in [-0.3, -0.25) is 9.59 Å². The first-order chi connectivity index (χ1) is 13.6. The van der Waals surface area contributed by atoms with Gasteiger partial charge in [-0.15, -0.1) is 0 Å². The third kappa shape index (κ3) is 3.22. The van der Waals surface area contributed by atoms with Crippen LogP contribution in [0.1, 0.15) is 47.3 Å². The minimum absolute atomic E-state index is 0.00533. The van der Waals surface area contributed by atoms with Gasteiger partial charge in [0.2, 0.25) is 5.91 Å². The van der Waals surface area contributed by atoms with Crippen LogP contribution in [0.2, 0.25) is 0 Å². The Morgan fingerprint density at radius 3 is 2.62 bits per heavy atom. The maximum absolute atomic E-state index is 13.3. The van der Waals surface area contributed by atoms with Crippen molar-refractivity contribution in [2.45, 2.75) is 38.1 Å². The Kier molecular flexibility index (Phi) is 4.33. The van der Waals surface area contributed by atoms with Gasteiger partial charge in [-0.2, -0.15) is 13.2 Å². The monoisotopic (exact) mass is 404 g/mol. The molecule has 2 fully saturated rings. The summed E-state index contributed by atoms with van der Waals surface area (Å²) in [6.07, 6.45) is -4.64. The molecule has 4 rings (SSSR count). The zero-order chi connectivity index (χ0) is 21.0. The molecule has 0 aliphatic carbocycles. The number of phenols is 1. The Hall–Kier alpha value is -3.03. The minimum atomic E-state index is -4.57. The van der Waals surface area contributed by atoms with Crippen LogP contribution in [0.5, 0.6) is 5.75 Å². The Labute approximate surface area is 165 Å². The summed E-state index contributed by atoms with van der Waals surface area (Å²) in [7, 11) is 0. The van der Waals surface area contributed by atoms with Crippen LogP contribution in [0.3, 0.4) is 0 Å². The van der Waals surface area contributed by atoms with Gasteiger partial charge in [0.05, 0.1) is 11.6 Å². The van der Waals surface area contributed by atoms with Crippen LogP contribution in [0.4, 0.5) is 13.2 Å². The Balaban J connectivity index is 1.78. The lowest BCUT2D eigenvalue weighted by Crippen LogP contribution is -2.47. The van der Waals surface area contributed by atoms with E-state index in [1.165, 1.54) is 23.1 Å². The largest absolute Gasteiger partial charge is 0.508 e. The normalized spacial score (nSPS) is 26.3. The SMILES string of the molecule is C[C@@]12CC(=O)N[C@@H]1N(C(=O)c1cccc(C(F)(F)F)c1)[C@@H](c1ccccc1O)C2. The summed E-state index contributed by atoms with van der Waals surface area (Å²) >= 11 is 0. The summed E-state index contributed by atoms with van der Waals surface area (Å²) in [5, 5.41) is 13.1.